The Hall–Kier alpha value is -1.31. The zero-order chi connectivity index (χ0) is 15.3. The van der Waals surface area contributed by atoms with Crippen molar-refractivity contribution in [3.05, 3.63) is 0 Å². The molecule has 2 atom stereocenters. The lowest BCUT2D eigenvalue weighted by Crippen LogP contribution is -2.61. The quantitative estimate of drug-likeness (QED) is 0.656. The van der Waals surface area contributed by atoms with Gasteiger partial charge in [0.05, 0.1) is 0 Å². The lowest BCUT2D eigenvalue weighted by molar-refractivity contribution is -0.187. The van der Waals surface area contributed by atoms with Crippen molar-refractivity contribution in [2.75, 3.05) is 6.54 Å². The van der Waals surface area contributed by atoms with Gasteiger partial charge < -0.3 is 16.2 Å². The molecule has 0 saturated heterocycles. The van der Waals surface area contributed by atoms with Crippen molar-refractivity contribution in [1.29, 1.82) is 0 Å². The maximum Gasteiger partial charge on any atom is 0.415 e. The Morgan fingerprint density at radius 1 is 1.32 bits per heavy atom. The number of hydrogen-bond donors (Lipinski definition) is 3. The van der Waals surface area contributed by atoms with Crippen LogP contribution < -0.4 is 11.1 Å². The van der Waals surface area contributed by atoms with E-state index in [1.54, 1.807) is 6.92 Å². The van der Waals surface area contributed by atoms with Gasteiger partial charge in [0, 0.05) is 13.0 Å². The van der Waals surface area contributed by atoms with E-state index in [2.05, 4.69) is 5.32 Å². The van der Waals surface area contributed by atoms with Gasteiger partial charge in [-0.25, -0.2) is 0 Å². The molecule has 0 radical (unpaired) electrons. The molecule has 0 aromatic rings. The van der Waals surface area contributed by atoms with E-state index in [0.29, 0.717) is 19.8 Å². The molecule has 2 unspecified atom stereocenters. The standard InChI is InChI=1S/C11H19F3N2O3/c1-7(3-4-8(17)18)5-6-16-9(19)10(2,15)11(12,13)14/h7H,3-6,15H2,1-2H3,(H,16,19)(H,17,18). The smallest absolute Gasteiger partial charge is 0.415 e. The fraction of sp³-hybridized carbons (Fsp3) is 0.818. The molecule has 4 N–H and O–H groups in total. The predicted molar refractivity (Wildman–Crippen MR) is 62.3 cm³/mol. The highest BCUT2D eigenvalue weighted by molar-refractivity contribution is 5.86. The van der Waals surface area contributed by atoms with Crippen LogP contribution in [0.3, 0.4) is 0 Å². The number of hydrogen-bond acceptors (Lipinski definition) is 3. The molecular formula is C11H19F3N2O3. The number of carboxylic acid groups (broad SMARTS) is 1. The maximum absolute atomic E-state index is 12.4. The molecule has 19 heavy (non-hydrogen) atoms. The summed E-state index contributed by atoms with van der Waals surface area (Å²) in [6.45, 7) is 2.40. The van der Waals surface area contributed by atoms with E-state index in [9.17, 15) is 22.8 Å². The monoisotopic (exact) mass is 284 g/mol. The number of rotatable bonds is 7. The first-order valence-corrected chi connectivity index (χ1v) is 5.84. The van der Waals surface area contributed by atoms with E-state index in [-0.39, 0.29) is 18.9 Å². The lowest BCUT2D eigenvalue weighted by atomic mass is 10.00. The Balaban J connectivity index is 4.08. The van der Waals surface area contributed by atoms with Crippen LogP contribution in [0.25, 0.3) is 0 Å². The predicted octanol–water partition coefficient (Wildman–Crippen LogP) is 1.27. The number of nitrogens with two attached hydrogens (primary N) is 1. The van der Waals surface area contributed by atoms with Crippen LogP contribution in [0, 0.1) is 5.92 Å². The van der Waals surface area contributed by atoms with Crippen molar-refractivity contribution in [2.45, 2.75) is 44.8 Å². The fourth-order valence-electron chi connectivity index (χ4n) is 1.26. The minimum atomic E-state index is -4.81. The summed E-state index contributed by atoms with van der Waals surface area (Å²) in [4.78, 5) is 21.6. The van der Waals surface area contributed by atoms with Gasteiger partial charge in [-0.15, -0.1) is 0 Å². The molecule has 1 amide bonds. The zero-order valence-electron chi connectivity index (χ0n) is 10.9. The van der Waals surface area contributed by atoms with Crippen LogP contribution in [0.4, 0.5) is 13.2 Å². The van der Waals surface area contributed by atoms with Crippen LogP contribution >= 0.6 is 0 Å². The minimum absolute atomic E-state index is 0.00767. The van der Waals surface area contributed by atoms with Gasteiger partial charge in [-0.1, -0.05) is 6.92 Å². The van der Waals surface area contributed by atoms with Crippen molar-refractivity contribution < 1.29 is 27.9 Å². The number of halogens is 3. The summed E-state index contributed by atoms with van der Waals surface area (Å²) in [6.07, 6.45) is -4.02. The van der Waals surface area contributed by atoms with Gasteiger partial charge in [-0.05, 0) is 25.7 Å². The van der Waals surface area contributed by atoms with E-state index in [1.165, 1.54) is 0 Å². The number of carboxylic acids is 1. The topological polar surface area (TPSA) is 92.4 Å². The average molecular weight is 284 g/mol. The molecule has 0 aliphatic heterocycles. The molecule has 0 saturated carbocycles. The van der Waals surface area contributed by atoms with Crippen LogP contribution in [0.1, 0.15) is 33.1 Å². The van der Waals surface area contributed by atoms with Gasteiger partial charge in [0.15, 0.2) is 5.54 Å². The van der Waals surface area contributed by atoms with Gasteiger partial charge >= 0.3 is 12.1 Å². The van der Waals surface area contributed by atoms with Crippen molar-refractivity contribution >= 4 is 11.9 Å². The second-order valence-electron chi connectivity index (χ2n) is 4.78. The molecule has 112 valence electrons. The summed E-state index contributed by atoms with van der Waals surface area (Å²) in [5.74, 6) is -2.22. The molecular weight excluding hydrogens is 265 g/mol. The Morgan fingerprint density at radius 2 is 1.84 bits per heavy atom. The fourth-order valence-corrected chi connectivity index (χ4v) is 1.26. The van der Waals surface area contributed by atoms with Crippen LogP contribution in [0.15, 0.2) is 0 Å². The SMILES string of the molecule is CC(CCNC(=O)C(C)(N)C(F)(F)F)CCC(=O)O. The highest BCUT2D eigenvalue weighted by atomic mass is 19.4. The first-order chi connectivity index (χ1) is 8.48. The van der Waals surface area contributed by atoms with Gasteiger partial charge in [-0.2, -0.15) is 13.2 Å². The summed E-state index contributed by atoms with van der Waals surface area (Å²) in [5, 5.41) is 10.6. The third-order valence-corrected chi connectivity index (χ3v) is 2.83. The van der Waals surface area contributed by atoms with E-state index in [4.69, 9.17) is 10.8 Å². The number of aliphatic carboxylic acids is 1. The van der Waals surface area contributed by atoms with E-state index in [1.807, 2.05) is 0 Å². The van der Waals surface area contributed by atoms with Gasteiger partial charge in [-0.3, -0.25) is 9.59 Å². The highest BCUT2D eigenvalue weighted by Gasteiger charge is 2.53. The summed E-state index contributed by atoms with van der Waals surface area (Å²) in [7, 11) is 0. The summed E-state index contributed by atoms with van der Waals surface area (Å²) >= 11 is 0. The van der Waals surface area contributed by atoms with Gasteiger partial charge in [0.2, 0.25) is 5.91 Å². The maximum atomic E-state index is 12.4. The molecule has 0 heterocycles. The minimum Gasteiger partial charge on any atom is -0.481 e. The zero-order valence-corrected chi connectivity index (χ0v) is 10.9. The largest absolute Gasteiger partial charge is 0.481 e. The van der Waals surface area contributed by atoms with Gasteiger partial charge in [0.1, 0.15) is 0 Å². The summed E-state index contributed by atoms with van der Waals surface area (Å²) < 4.78 is 37.3. The molecule has 0 aromatic carbocycles. The van der Waals surface area contributed by atoms with Crippen molar-refractivity contribution in [3.8, 4) is 0 Å². The average Bonchev–Trinajstić information content (AvgIpc) is 2.24. The molecule has 0 aliphatic carbocycles. The Morgan fingerprint density at radius 3 is 2.26 bits per heavy atom. The van der Waals surface area contributed by atoms with Crippen molar-refractivity contribution in [1.82, 2.24) is 5.32 Å². The summed E-state index contributed by atoms with van der Waals surface area (Å²) in [5.41, 5.74) is 2.02. The first-order valence-electron chi connectivity index (χ1n) is 5.84. The molecule has 5 nitrogen and oxygen atoms in total. The molecule has 0 aliphatic rings. The van der Waals surface area contributed by atoms with Crippen molar-refractivity contribution in [3.63, 3.8) is 0 Å². The molecule has 0 fully saturated rings. The molecule has 8 heteroatoms. The molecule has 0 spiro atoms. The Kier molecular flexibility index (Phi) is 6.28. The normalized spacial score (nSPS) is 16.5. The third kappa shape index (κ3) is 5.91. The second-order valence-corrected chi connectivity index (χ2v) is 4.78. The number of alkyl halides is 3. The summed E-state index contributed by atoms with van der Waals surface area (Å²) in [6, 6.07) is 0. The molecule has 0 aromatic heterocycles. The second kappa shape index (κ2) is 6.74. The van der Waals surface area contributed by atoms with Gasteiger partial charge in [0.25, 0.3) is 0 Å². The third-order valence-electron chi connectivity index (χ3n) is 2.83. The Labute approximate surface area is 109 Å². The highest BCUT2D eigenvalue weighted by Crippen LogP contribution is 2.27. The van der Waals surface area contributed by atoms with Crippen LogP contribution in [-0.4, -0.2) is 35.2 Å². The van der Waals surface area contributed by atoms with E-state index >= 15 is 0 Å². The number of nitrogens with one attached hydrogen (secondary N) is 1. The van der Waals surface area contributed by atoms with E-state index < -0.39 is 23.6 Å². The number of carbonyl (C=O) groups is 2. The van der Waals surface area contributed by atoms with Crippen LogP contribution in [0.2, 0.25) is 0 Å². The van der Waals surface area contributed by atoms with Crippen LogP contribution in [0.5, 0.6) is 0 Å². The molecule has 0 bridgehead atoms. The lowest BCUT2D eigenvalue weighted by Gasteiger charge is -2.26. The van der Waals surface area contributed by atoms with Crippen LogP contribution in [-0.2, 0) is 9.59 Å². The van der Waals surface area contributed by atoms with Crippen molar-refractivity contribution in [2.24, 2.45) is 11.7 Å². The Bertz CT molecular complexity index is 330. The molecule has 0 rings (SSSR count). The van der Waals surface area contributed by atoms with E-state index in [0.717, 1.165) is 0 Å². The first kappa shape index (κ1) is 17.7. The number of amides is 1. The number of carbonyl (C=O) groups excluding carboxylic acids is 1.